The topological polar surface area (TPSA) is 59.8 Å². The number of hydrogen-bond donors (Lipinski definition) is 1. The molecule has 2 aromatic carbocycles. The molecule has 1 N–H and O–H groups in total. The van der Waals surface area contributed by atoms with Crippen LogP contribution in [0, 0.1) is 5.82 Å². The Morgan fingerprint density at radius 1 is 1.17 bits per heavy atom. The summed E-state index contributed by atoms with van der Waals surface area (Å²) >= 11 is 0. The molecule has 3 aromatic rings. The number of hydrogen-bond acceptors (Lipinski definition) is 3. The maximum Gasteiger partial charge on any atom is 0.217 e. The normalized spacial score (nSPS) is 11.9. The molecule has 1 atom stereocenters. The molecule has 0 aliphatic heterocycles. The molecule has 5 nitrogen and oxygen atoms in total. The van der Waals surface area contributed by atoms with Crippen molar-refractivity contribution in [3.8, 4) is 0 Å². The van der Waals surface area contributed by atoms with Crippen molar-refractivity contribution in [3.63, 3.8) is 0 Å². The second-order valence-electron chi connectivity index (χ2n) is 5.51. The predicted molar refractivity (Wildman–Crippen MR) is 87.6 cm³/mol. The summed E-state index contributed by atoms with van der Waals surface area (Å²) in [4.78, 5) is 11.5. The molecule has 3 rings (SSSR count). The zero-order valence-corrected chi connectivity index (χ0v) is 13.2. The molecule has 1 aromatic heterocycles. The predicted octanol–water partition coefficient (Wildman–Crippen LogP) is 2.69. The van der Waals surface area contributed by atoms with Gasteiger partial charge in [-0.15, -0.1) is 5.10 Å². The van der Waals surface area contributed by atoms with Gasteiger partial charge in [-0.1, -0.05) is 47.7 Å². The van der Waals surface area contributed by atoms with Gasteiger partial charge in [0.25, 0.3) is 0 Å². The number of nitrogens with one attached hydrogen (secondary N) is 1. The summed E-state index contributed by atoms with van der Waals surface area (Å²) in [7, 11) is 0. The van der Waals surface area contributed by atoms with Gasteiger partial charge in [-0.2, -0.15) is 0 Å². The molecule has 122 valence electrons. The minimum absolute atomic E-state index is 0.193. The van der Waals surface area contributed by atoms with Crippen LogP contribution >= 0.6 is 0 Å². The Kier molecular flexibility index (Phi) is 4.65. The molecule has 0 saturated heterocycles. The van der Waals surface area contributed by atoms with Crippen molar-refractivity contribution in [1.82, 2.24) is 20.3 Å². The van der Waals surface area contributed by atoms with Gasteiger partial charge < -0.3 is 5.32 Å². The van der Waals surface area contributed by atoms with E-state index in [2.05, 4.69) is 15.6 Å². The van der Waals surface area contributed by atoms with Crippen LogP contribution in [0.3, 0.4) is 0 Å². The second kappa shape index (κ2) is 7.04. The van der Waals surface area contributed by atoms with Gasteiger partial charge in [0, 0.05) is 6.92 Å². The van der Waals surface area contributed by atoms with Gasteiger partial charge in [0.2, 0.25) is 5.91 Å². The Morgan fingerprint density at radius 3 is 2.54 bits per heavy atom. The highest BCUT2D eigenvalue weighted by Gasteiger charge is 2.19. The number of rotatable bonds is 5. The lowest BCUT2D eigenvalue weighted by molar-refractivity contribution is -0.119. The van der Waals surface area contributed by atoms with E-state index in [1.807, 2.05) is 30.3 Å². The second-order valence-corrected chi connectivity index (χ2v) is 5.51. The lowest BCUT2D eigenvalue weighted by Crippen LogP contribution is -2.27. The number of nitrogens with zero attached hydrogens (tertiary/aromatic N) is 3. The smallest absolute Gasteiger partial charge is 0.217 e. The molecule has 0 bridgehead atoms. The van der Waals surface area contributed by atoms with E-state index in [-0.39, 0.29) is 11.7 Å². The Labute approximate surface area is 139 Å². The Bertz CT molecular complexity index is 815. The fourth-order valence-corrected chi connectivity index (χ4v) is 2.48. The molecule has 1 amide bonds. The fourth-order valence-electron chi connectivity index (χ4n) is 2.48. The van der Waals surface area contributed by atoms with Gasteiger partial charge in [0.05, 0.1) is 18.8 Å². The first-order valence-electron chi connectivity index (χ1n) is 7.58. The molecule has 0 unspecified atom stereocenters. The van der Waals surface area contributed by atoms with Crippen LogP contribution in [0.4, 0.5) is 4.39 Å². The van der Waals surface area contributed by atoms with Crippen molar-refractivity contribution in [3.05, 3.63) is 83.4 Å². The van der Waals surface area contributed by atoms with Gasteiger partial charge in [-0.25, -0.2) is 9.07 Å². The van der Waals surface area contributed by atoms with Crippen LogP contribution in [0.2, 0.25) is 0 Å². The summed E-state index contributed by atoms with van der Waals surface area (Å²) in [5.41, 5.74) is 2.46. The minimum atomic E-state index is -0.465. The fraction of sp³-hybridized carbons (Fsp3) is 0.167. The summed E-state index contributed by atoms with van der Waals surface area (Å²) in [6.07, 6.45) is 1.79. The molecule has 0 spiro atoms. The van der Waals surface area contributed by atoms with E-state index < -0.39 is 6.04 Å². The SMILES string of the molecule is CC(=O)N[C@H](c1ccc(F)cc1)c1cn(Cc2ccccc2)nn1. The van der Waals surface area contributed by atoms with Crippen LogP contribution in [-0.4, -0.2) is 20.9 Å². The van der Waals surface area contributed by atoms with Crippen molar-refractivity contribution < 1.29 is 9.18 Å². The van der Waals surface area contributed by atoms with E-state index in [4.69, 9.17) is 0 Å². The summed E-state index contributed by atoms with van der Waals surface area (Å²) in [5, 5.41) is 11.1. The molecule has 0 saturated carbocycles. The van der Waals surface area contributed by atoms with E-state index in [1.54, 1.807) is 23.0 Å². The highest BCUT2D eigenvalue weighted by Crippen LogP contribution is 2.20. The summed E-state index contributed by atoms with van der Waals surface area (Å²) < 4.78 is 14.9. The average Bonchev–Trinajstić information content (AvgIpc) is 3.02. The number of carbonyl (C=O) groups is 1. The lowest BCUT2D eigenvalue weighted by atomic mass is 10.0. The molecule has 0 aliphatic rings. The molecule has 0 radical (unpaired) electrons. The summed E-state index contributed by atoms with van der Waals surface area (Å²) in [6.45, 7) is 2.02. The van der Waals surface area contributed by atoms with Crippen molar-refractivity contribution in [2.24, 2.45) is 0 Å². The molecular weight excluding hydrogens is 307 g/mol. The van der Waals surface area contributed by atoms with E-state index >= 15 is 0 Å². The van der Waals surface area contributed by atoms with Crippen molar-refractivity contribution in [1.29, 1.82) is 0 Å². The van der Waals surface area contributed by atoms with Gasteiger partial charge in [0.15, 0.2) is 0 Å². The monoisotopic (exact) mass is 324 g/mol. The van der Waals surface area contributed by atoms with E-state index in [9.17, 15) is 9.18 Å². The summed E-state index contributed by atoms with van der Waals surface area (Å²) in [5.74, 6) is -0.519. The maximum absolute atomic E-state index is 13.1. The third kappa shape index (κ3) is 3.84. The third-order valence-electron chi connectivity index (χ3n) is 3.59. The van der Waals surface area contributed by atoms with E-state index in [0.717, 1.165) is 11.1 Å². The first-order chi connectivity index (χ1) is 11.6. The van der Waals surface area contributed by atoms with Gasteiger partial charge in [-0.3, -0.25) is 4.79 Å². The Hall–Kier alpha value is -3.02. The van der Waals surface area contributed by atoms with Crippen molar-refractivity contribution in [2.45, 2.75) is 19.5 Å². The largest absolute Gasteiger partial charge is 0.344 e. The van der Waals surface area contributed by atoms with Crippen LogP contribution in [0.5, 0.6) is 0 Å². The third-order valence-corrected chi connectivity index (χ3v) is 3.59. The summed E-state index contributed by atoms with van der Waals surface area (Å²) in [6, 6.07) is 15.4. The van der Waals surface area contributed by atoms with Crippen LogP contribution in [-0.2, 0) is 11.3 Å². The standard InChI is InChI=1S/C18H17FN4O/c1-13(24)20-18(15-7-9-16(19)10-8-15)17-12-23(22-21-17)11-14-5-3-2-4-6-14/h2-10,12,18H,11H2,1H3,(H,20,24)/t18-/m1/s1. The molecule has 0 aliphatic carbocycles. The van der Waals surface area contributed by atoms with Crippen LogP contribution in [0.1, 0.15) is 29.8 Å². The Balaban J connectivity index is 1.85. The van der Waals surface area contributed by atoms with Gasteiger partial charge >= 0.3 is 0 Å². The van der Waals surface area contributed by atoms with Crippen LogP contribution < -0.4 is 5.32 Å². The molecule has 24 heavy (non-hydrogen) atoms. The number of carbonyl (C=O) groups excluding carboxylic acids is 1. The lowest BCUT2D eigenvalue weighted by Gasteiger charge is -2.15. The number of benzene rings is 2. The zero-order chi connectivity index (χ0) is 16.9. The highest BCUT2D eigenvalue weighted by atomic mass is 19.1. The quantitative estimate of drug-likeness (QED) is 0.785. The van der Waals surface area contributed by atoms with Gasteiger partial charge in [-0.05, 0) is 23.3 Å². The van der Waals surface area contributed by atoms with Crippen LogP contribution in [0.15, 0.2) is 60.8 Å². The number of halogens is 1. The van der Waals surface area contributed by atoms with Crippen molar-refractivity contribution >= 4 is 5.91 Å². The van der Waals surface area contributed by atoms with Gasteiger partial charge in [0.1, 0.15) is 11.5 Å². The highest BCUT2D eigenvalue weighted by molar-refractivity contribution is 5.74. The van der Waals surface area contributed by atoms with E-state index in [1.165, 1.54) is 19.1 Å². The molecule has 0 fully saturated rings. The number of aromatic nitrogens is 3. The van der Waals surface area contributed by atoms with Crippen molar-refractivity contribution in [2.75, 3.05) is 0 Å². The molecular formula is C18H17FN4O. The number of amides is 1. The van der Waals surface area contributed by atoms with Crippen LogP contribution in [0.25, 0.3) is 0 Å². The zero-order valence-electron chi connectivity index (χ0n) is 13.2. The first-order valence-corrected chi connectivity index (χ1v) is 7.58. The molecule has 1 heterocycles. The first kappa shape index (κ1) is 15.9. The minimum Gasteiger partial charge on any atom is -0.344 e. The molecule has 6 heteroatoms. The maximum atomic E-state index is 13.1. The average molecular weight is 324 g/mol. The van der Waals surface area contributed by atoms with E-state index in [0.29, 0.717) is 12.2 Å². The Morgan fingerprint density at radius 2 is 1.88 bits per heavy atom.